The quantitative estimate of drug-likeness (QED) is 0.803. The van der Waals surface area contributed by atoms with Gasteiger partial charge in [-0.15, -0.1) is 0 Å². The van der Waals surface area contributed by atoms with Crippen LogP contribution in [0.15, 0.2) is 30.3 Å². The van der Waals surface area contributed by atoms with Gasteiger partial charge in [-0.2, -0.15) is 0 Å². The molecule has 0 N–H and O–H groups in total. The molecule has 0 aliphatic carbocycles. The number of carbonyl (C=O) groups is 2. The third kappa shape index (κ3) is 3.09. The molecule has 0 aromatic heterocycles. The Hall–Kier alpha value is -1.84. The minimum atomic E-state index is -0.150. The van der Waals surface area contributed by atoms with Crippen LogP contribution in [0.5, 0.6) is 0 Å². The smallest absolute Gasteiger partial charge is 0.311 e. The normalized spacial score (nSPS) is 25.3. The first-order valence-electron chi connectivity index (χ1n) is 7.76. The maximum absolute atomic E-state index is 12.4. The summed E-state index contributed by atoms with van der Waals surface area (Å²) < 4.78 is 5.47. The average Bonchev–Trinajstić information content (AvgIpc) is 2.53. The van der Waals surface area contributed by atoms with Crippen LogP contribution < -0.4 is 0 Å². The van der Waals surface area contributed by atoms with Crippen LogP contribution in [-0.4, -0.2) is 29.4 Å². The van der Waals surface area contributed by atoms with E-state index < -0.39 is 0 Å². The number of ether oxygens (including phenoxy) is 1. The first-order valence-corrected chi connectivity index (χ1v) is 7.76. The Bertz CT molecular complexity index is 514. The molecule has 2 aliphatic rings. The minimum Gasteiger partial charge on any atom is -0.461 e. The summed E-state index contributed by atoms with van der Waals surface area (Å²) in [5.74, 6) is -0.0956. The second-order valence-electron chi connectivity index (χ2n) is 5.89. The molecule has 0 bridgehead atoms. The van der Waals surface area contributed by atoms with Crippen LogP contribution in [0.2, 0.25) is 0 Å². The topological polar surface area (TPSA) is 46.6 Å². The number of benzene rings is 1. The highest BCUT2D eigenvalue weighted by Crippen LogP contribution is 2.32. The predicted octanol–water partition coefficient (Wildman–Crippen LogP) is 2.52. The van der Waals surface area contributed by atoms with Crippen molar-refractivity contribution in [2.45, 2.75) is 44.8 Å². The van der Waals surface area contributed by atoms with Crippen LogP contribution in [0.25, 0.3) is 0 Å². The van der Waals surface area contributed by atoms with E-state index in [0.717, 1.165) is 37.8 Å². The number of carbonyl (C=O) groups excluding carboxylic acids is 2. The number of rotatable bonds is 3. The highest BCUT2D eigenvalue weighted by atomic mass is 16.5. The second-order valence-corrected chi connectivity index (χ2v) is 5.89. The summed E-state index contributed by atoms with van der Waals surface area (Å²) in [6, 6.07) is 9.77. The van der Waals surface area contributed by atoms with Crippen molar-refractivity contribution in [3.63, 3.8) is 0 Å². The number of hydrogen-bond donors (Lipinski definition) is 0. The van der Waals surface area contributed by atoms with Gasteiger partial charge in [-0.05, 0) is 31.2 Å². The average molecular weight is 287 g/mol. The monoisotopic (exact) mass is 287 g/mol. The lowest BCUT2D eigenvalue weighted by molar-refractivity contribution is -0.158. The number of hydrogen-bond acceptors (Lipinski definition) is 3. The SMILES string of the molecule is O=C(OCc1ccccc1)[C@H]1CCCN2C(=O)CCC[C@H]12. The van der Waals surface area contributed by atoms with Gasteiger partial charge in [-0.3, -0.25) is 9.59 Å². The maximum atomic E-state index is 12.4. The summed E-state index contributed by atoms with van der Waals surface area (Å²) in [7, 11) is 0. The van der Waals surface area contributed by atoms with E-state index in [2.05, 4.69) is 0 Å². The van der Waals surface area contributed by atoms with Crippen LogP contribution in [0.1, 0.15) is 37.7 Å². The fraction of sp³-hybridized carbons (Fsp3) is 0.529. The van der Waals surface area contributed by atoms with Gasteiger partial charge in [0.25, 0.3) is 0 Å². The van der Waals surface area contributed by atoms with Crippen molar-refractivity contribution < 1.29 is 14.3 Å². The van der Waals surface area contributed by atoms with Gasteiger partial charge in [0, 0.05) is 19.0 Å². The molecule has 0 saturated carbocycles. The van der Waals surface area contributed by atoms with Gasteiger partial charge in [0.15, 0.2) is 0 Å². The zero-order valence-electron chi connectivity index (χ0n) is 12.2. The van der Waals surface area contributed by atoms with Crippen LogP contribution in [0, 0.1) is 5.92 Å². The molecule has 2 saturated heterocycles. The van der Waals surface area contributed by atoms with Crippen LogP contribution >= 0.6 is 0 Å². The highest BCUT2D eigenvalue weighted by molar-refractivity contribution is 5.80. The fourth-order valence-corrected chi connectivity index (χ4v) is 3.44. The standard InChI is InChI=1S/C17H21NO3/c19-16-10-4-9-15-14(8-5-11-18(15)16)17(20)21-12-13-6-2-1-3-7-13/h1-3,6-7,14-15H,4-5,8-12H2/t14-,15+/m0/s1. The Morgan fingerprint density at radius 2 is 2.00 bits per heavy atom. The molecule has 2 aliphatic heterocycles. The van der Waals surface area contributed by atoms with E-state index in [9.17, 15) is 9.59 Å². The number of piperidine rings is 2. The van der Waals surface area contributed by atoms with E-state index in [1.165, 1.54) is 0 Å². The molecule has 4 nitrogen and oxygen atoms in total. The molecule has 21 heavy (non-hydrogen) atoms. The molecule has 1 amide bonds. The first-order chi connectivity index (χ1) is 10.3. The summed E-state index contributed by atoms with van der Waals surface area (Å²) in [5.41, 5.74) is 0.998. The zero-order valence-corrected chi connectivity index (χ0v) is 12.2. The van der Waals surface area contributed by atoms with Gasteiger partial charge in [-0.25, -0.2) is 0 Å². The number of nitrogens with zero attached hydrogens (tertiary/aromatic N) is 1. The van der Waals surface area contributed by atoms with E-state index in [0.29, 0.717) is 13.0 Å². The van der Waals surface area contributed by atoms with Crippen molar-refractivity contribution in [3.05, 3.63) is 35.9 Å². The summed E-state index contributed by atoms with van der Waals surface area (Å²) in [5, 5.41) is 0. The van der Waals surface area contributed by atoms with Crippen molar-refractivity contribution >= 4 is 11.9 Å². The molecular formula is C17H21NO3. The fourth-order valence-electron chi connectivity index (χ4n) is 3.44. The molecule has 2 fully saturated rings. The Morgan fingerprint density at radius 1 is 1.19 bits per heavy atom. The zero-order chi connectivity index (χ0) is 14.7. The minimum absolute atomic E-state index is 0.0586. The van der Waals surface area contributed by atoms with Gasteiger partial charge in [0.05, 0.1) is 5.92 Å². The third-order valence-corrected chi connectivity index (χ3v) is 4.52. The van der Waals surface area contributed by atoms with Crippen LogP contribution in [0.4, 0.5) is 0 Å². The number of fused-ring (bicyclic) bond motifs is 1. The molecule has 1 aromatic carbocycles. The van der Waals surface area contributed by atoms with E-state index in [4.69, 9.17) is 4.74 Å². The molecule has 4 heteroatoms. The Kier molecular flexibility index (Phi) is 4.23. The largest absolute Gasteiger partial charge is 0.461 e. The summed E-state index contributed by atoms with van der Waals surface area (Å²) in [4.78, 5) is 26.2. The predicted molar refractivity (Wildman–Crippen MR) is 78.3 cm³/mol. The van der Waals surface area contributed by atoms with Gasteiger partial charge in [0.1, 0.15) is 6.61 Å². The summed E-state index contributed by atoms with van der Waals surface area (Å²) in [6.45, 7) is 1.11. The van der Waals surface area contributed by atoms with Crippen molar-refractivity contribution in [1.29, 1.82) is 0 Å². The van der Waals surface area contributed by atoms with Gasteiger partial charge >= 0.3 is 5.97 Å². The Balaban J connectivity index is 1.62. The van der Waals surface area contributed by atoms with Crippen LogP contribution in [0.3, 0.4) is 0 Å². The van der Waals surface area contributed by atoms with Gasteiger partial charge < -0.3 is 9.64 Å². The lowest BCUT2D eigenvalue weighted by Crippen LogP contribution is -2.53. The van der Waals surface area contributed by atoms with E-state index in [1.807, 2.05) is 35.2 Å². The van der Waals surface area contributed by atoms with Crippen LogP contribution in [-0.2, 0) is 20.9 Å². The molecule has 1 aromatic rings. The first kappa shape index (κ1) is 14.1. The Labute approximate surface area is 125 Å². The molecule has 2 heterocycles. The Morgan fingerprint density at radius 3 is 2.81 bits per heavy atom. The van der Waals surface area contributed by atoms with Crippen molar-refractivity contribution in [2.24, 2.45) is 5.92 Å². The summed E-state index contributed by atoms with van der Waals surface area (Å²) >= 11 is 0. The highest BCUT2D eigenvalue weighted by Gasteiger charge is 2.40. The molecule has 0 unspecified atom stereocenters. The van der Waals surface area contributed by atoms with E-state index in [-0.39, 0.29) is 23.8 Å². The van der Waals surface area contributed by atoms with Gasteiger partial charge in [-0.1, -0.05) is 30.3 Å². The van der Waals surface area contributed by atoms with E-state index in [1.54, 1.807) is 0 Å². The molecular weight excluding hydrogens is 266 g/mol. The molecule has 0 spiro atoms. The second kappa shape index (κ2) is 6.29. The van der Waals surface area contributed by atoms with Crippen molar-refractivity contribution in [1.82, 2.24) is 4.90 Å². The molecule has 112 valence electrons. The van der Waals surface area contributed by atoms with Crippen molar-refractivity contribution in [2.75, 3.05) is 6.54 Å². The molecule has 0 radical (unpaired) electrons. The number of esters is 1. The van der Waals surface area contributed by atoms with Crippen molar-refractivity contribution in [3.8, 4) is 0 Å². The third-order valence-electron chi connectivity index (χ3n) is 4.52. The lowest BCUT2D eigenvalue weighted by Gasteiger charge is -2.43. The molecule has 2 atom stereocenters. The van der Waals surface area contributed by atoms with E-state index >= 15 is 0 Å². The summed E-state index contributed by atoms with van der Waals surface area (Å²) in [6.07, 6.45) is 4.18. The maximum Gasteiger partial charge on any atom is 0.311 e. The van der Waals surface area contributed by atoms with Gasteiger partial charge in [0.2, 0.25) is 5.91 Å². The molecule has 3 rings (SSSR count). The number of amides is 1. The lowest BCUT2D eigenvalue weighted by atomic mass is 9.83.